The molecule has 1 fully saturated rings. The molecule has 1 saturated heterocycles. The highest BCUT2D eigenvalue weighted by molar-refractivity contribution is 5.85. The summed E-state index contributed by atoms with van der Waals surface area (Å²) >= 11 is 0. The van der Waals surface area contributed by atoms with Gasteiger partial charge in [0.1, 0.15) is 5.75 Å². The Morgan fingerprint density at radius 1 is 1.29 bits per heavy atom. The van der Waals surface area contributed by atoms with Gasteiger partial charge in [-0.3, -0.25) is 4.79 Å². The number of alkyl halides is 2. The van der Waals surface area contributed by atoms with E-state index < -0.39 is 17.4 Å². The Hall–Kier alpha value is -1.69. The highest BCUT2D eigenvalue weighted by Crippen LogP contribution is 2.39. The number of para-hydroxylation sites is 1. The molecular formula is C18H25F2NO3. The monoisotopic (exact) mass is 341 g/mol. The molecule has 0 aliphatic carbocycles. The maximum absolute atomic E-state index is 14.8. The highest BCUT2D eigenvalue weighted by Gasteiger charge is 2.47. The van der Waals surface area contributed by atoms with E-state index in [0.717, 1.165) is 6.42 Å². The zero-order valence-corrected chi connectivity index (χ0v) is 14.2. The van der Waals surface area contributed by atoms with Gasteiger partial charge in [-0.15, -0.1) is 0 Å². The fraction of sp³-hybridized carbons (Fsp3) is 0.611. The number of carbonyl (C=O) groups excluding carboxylic acids is 1. The smallest absolute Gasteiger partial charge is 0.353 e. The van der Waals surface area contributed by atoms with Crippen LogP contribution in [0.3, 0.4) is 0 Å². The predicted octanol–water partition coefficient (Wildman–Crippen LogP) is 3.19. The normalized spacial score (nSPS) is 17.6. The average Bonchev–Trinajstić information content (AvgIpc) is 2.62. The lowest BCUT2D eigenvalue weighted by molar-refractivity contribution is -0.162. The van der Waals surface area contributed by atoms with Crippen molar-refractivity contribution >= 4 is 5.91 Å². The fourth-order valence-electron chi connectivity index (χ4n) is 3.13. The van der Waals surface area contributed by atoms with Crippen molar-refractivity contribution < 1.29 is 23.4 Å². The van der Waals surface area contributed by atoms with Crippen LogP contribution in [0.15, 0.2) is 24.3 Å². The summed E-state index contributed by atoms with van der Waals surface area (Å²) in [5.41, 5.74) is -0.652. The lowest BCUT2D eigenvalue weighted by Crippen LogP contribution is -2.49. The maximum atomic E-state index is 14.8. The van der Waals surface area contributed by atoms with Crippen molar-refractivity contribution in [3.05, 3.63) is 29.8 Å². The Morgan fingerprint density at radius 2 is 1.92 bits per heavy atom. The van der Waals surface area contributed by atoms with Crippen molar-refractivity contribution in [1.82, 2.24) is 4.90 Å². The van der Waals surface area contributed by atoms with Crippen LogP contribution in [0.5, 0.6) is 5.75 Å². The molecule has 0 aromatic heterocycles. The molecule has 0 atom stereocenters. The number of halogens is 2. The van der Waals surface area contributed by atoms with Gasteiger partial charge in [0, 0.05) is 19.7 Å². The van der Waals surface area contributed by atoms with E-state index in [9.17, 15) is 18.7 Å². The minimum Gasteiger partial charge on any atom is -0.493 e. The van der Waals surface area contributed by atoms with E-state index >= 15 is 0 Å². The molecule has 0 unspecified atom stereocenters. The quantitative estimate of drug-likeness (QED) is 0.864. The third kappa shape index (κ3) is 3.53. The summed E-state index contributed by atoms with van der Waals surface area (Å²) < 4.78 is 34.8. The second-order valence-electron chi connectivity index (χ2n) is 6.31. The summed E-state index contributed by atoms with van der Waals surface area (Å²) in [4.78, 5) is 13.6. The molecule has 1 N–H and O–H groups in total. The summed E-state index contributed by atoms with van der Waals surface area (Å²) in [6, 6.07) is 5.76. The molecule has 2 rings (SSSR count). The molecule has 0 spiro atoms. The molecule has 1 amide bonds. The Morgan fingerprint density at radius 3 is 2.46 bits per heavy atom. The van der Waals surface area contributed by atoms with Gasteiger partial charge >= 0.3 is 5.92 Å². The number of carbonyl (C=O) groups is 1. The van der Waals surface area contributed by atoms with Crippen LogP contribution in [0, 0.1) is 5.41 Å². The number of likely N-dealkylation sites (tertiary alicyclic amines) is 1. The molecule has 0 radical (unpaired) electrons. The number of benzene rings is 1. The third-order valence-corrected chi connectivity index (χ3v) is 4.99. The van der Waals surface area contributed by atoms with Crippen LogP contribution < -0.4 is 4.74 Å². The highest BCUT2D eigenvalue weighted by atomic mass is 19.3. The van der Waals surface area contributed by atoms with Gasteiger partial charge in [-0.1, -0.05) is 19.1 Å². The second kappa shape index (κ2) is 7.47. The zero-order valence-electron chi connectivity index (χ0n) is 14.2. The average molecular weight is 341 g/mol. The first-order valence-electron chi connectivity index (χ1n) is 8.40. The number of hydrogen-bond donors (Lipinski definition) is 1. The molecule has 1 aliphatic rings. The third-order valence-electron chi connectivity index (χ3n) is 4.99. The molecule has 1 aliphatic heterocycles. The van der Waals surface area contributed by atoms with Gasteiger partial charge in [0.2, 0.25) is 0 Å². The van der Waals surface area contributed by atoms with Gasteiger partial charge in [0.25, 0.3) is 5.91 Å². The number of rotatable bonds is 6. The van der Waals surface area contributed by atoms with Crippen LogP contribution in [-0.2, 0) is 10.7 Å². The summed E-state index contributed by atoms with van der Waals surface area (Å²) in [5.74, 6) is -4.79. The Balaban J connectivity index is 2.17. The first-order chi connectivity index (χ1) is 11.4. The van der Waals surface area contributed by atoms with Crippen molar-refractivity contribution in [2.75, 3.05) is 26.3 Å². The molecule has 134 valence electrons. The van der Waals surface area contributed by atoms with E-state index in [2.05, 4.69) is 0 Å². The molecule has 1 heterocycles. The topological polar surface area (TPSA) is 49.8 Å². The second-order valence-corrected chi connectivity index (χ2v) is 6.31. The number of aliphatic hydroxyl groups is 1. The van der Waals surface area contributed by atoms with Crippen molar-refractivity contribution in [2.24, 2.45) is 5.41 Å². The van der Waals surface area contributed by atoms with Gasteiger partial charge in [-0.2, -0.15) is 8.78 Å². The van der Waals surface area contributed by atoms with Gasteiger partial charge in [-0.25, -0.2) is 0 Å². The molecule has 1 aromatic rings. The molecule has 0 saturated carbocycles. The number of aliphatic hydroxyl groups excluding tert-OH is 1. The maximum Gasteiger partial charge on any atom is 0.353 e. The number of piperidine rings is 1. The first-order valence-corrected chi connectivity index (χ1v) is 8.40. The molecule has 1 aromatic carbocycles. The van der Waals surface area contributed by atoms with Crippen molar-refractivity contribution in [1.29, 1.82) is 0 Å². The van der Waals surface area contributed by atoms with Crippen molar-refractivity contribution in [2.45, 2.75) is 39.0 Å². The minimum absolute atomic E-state index is 0.0229. The van der Waals surface area contributed by atoms with Gasteiger partial charge < -0.3 is 14.7 Å². The SMILES string of the molecule is CCOc1ccccc1C(F)(F)C(=O)N1CCC(CC)(CO)CC1. The first kappa shape index (κ1) is 18.6. The van der Waals surface area contributed by atoms with Crippen LogP contribution in [0.4, 0.5) is 8.78 Å². The Kier molecular flexibility index (Phi) is 5.80. The molecule has 24 heavy (non-hydrogen) atoms. The molecular weight excluding hydrogens is 316 g/mol. The van der Waals surface area contributed by atoms with E-state index in [1.807, 2.05) is 6.92 Å². The molecule has 0 bridgehead atoms. The van der Waals surface area contributed by atoms with Gasteiger partial charge in [0.05, 0.1) is 12.2 Å². The minimum atomic E-state index is -3.63. The van der Waals surface area contributed by atoms with Crippen LogP contribution in [0.1, 0.15) is 38.7 Å². The summed E-state index contributed by atoms with van der Waals surface area (Å²) in [6.07, 6.45) is 1.85. The van der Waals surface area contributed by atoms with E-state index in [4.69, 9.17) is 4.74 Å². The Bertz CT molecular complexity index is 563. The van der Waals surface area contributed by atoms with Crippen LogP contribution in [0.25, 0.3) is 0 Å². The summed E-state index contributed by atoms with van der Waals surface area (Å²) in [6.45, 7) is 4.43. The number of nitrogens with zero attached hydrogens (tertiary/aromatic N) is 1. The van der Waals surface area contributed by atoms with Crippen molar-refractivity contribution in [3.8, 4) is 5.75 Å². The zero-order chi connectivity index (χ0) is 17.8. The van der Waals surface area contributed by atoms with Crippen molar-refractivity contribution in [3.63, 3.8) is 0 Å². The largest absolute Gasteiger partial charge is 0.493 e. The van der Waals surface area contributed by atoms with E-state index in [1.54, 1.807) is 13.0 Å². The van der Waals surface area contributed by atoms with Crippen LogP contribution in [-0.4, -0.2) is 42.2 Å². The molecule has 4 nitrogen and oxygen atoms in total. The summed E-state index contributed by atoms with van der Waals surface area (Å²) in [5, 5.41) is 9.53. The van der Waals surface area contributed by atoms with Crippen LogP contribution in [0.2, 0.25) is 0 Å². The number of amides is 1. The van der Waals surface area contributed by atoms with E-state index in [1.165, 1.54) is 23.1 Å². The predicted molar refractivity (Wildman–Crippen MR) is 87.1 cm³/mol. The lowest BCUT2D eigenvalue weighted by atomic mass is 9.77. The molecule has 6 heteroatoms. The number of hydrogen-bond acceptors (Lipinski definition) is 3. The summed E-state index contributed by atoms with van der Waals surface area (Å²) in [7, 11) is 0. The van der Waals surface area contributed by atoms with Gasteiger partial charge in [-0.05, 0) is 43.7 Å². The fourth-order valence-corrected chi connectivity index (χ4v) is 3.13. The number of ether oxygens (including phenoxy) is 1. The van der Waals surface area contributed by atoms with E-state index in [-0.39, 0.29) is 37.5 Å². The lowest BCUT2D eigenvalue weighted by Gasteiger charge is -2.41. The standard InChI is InChI=1S/C18H25F2NO3/c1-3-17(13-22)9-11-21(12-10-17)16(23)18(19,20)14-7-5-6-8-15(14)24-4-2/h5-8,22H,3-4,9-13H2,1-2H3. The van der Waals surface area contributed by atoms with E-state index in [0.29, 0.717) is 12.8 Å². The van der Waals surface area contributed by atoms with Gasteiger partial charge in [0.15, 0.2) is 0 Å². The Labute approximate surface area is 141 Å². The van der Waals surface area contributed by atoms with Crippen LogP contribution >= 0.6 is 0 Å².